The number of aliphatic hydroxyl groups excluding tert-OH is 7. The Kier molecular flexibility index (Phi) is 19.9. The van der Waals surface area contributed by atoms with Crippen molar-refractivity contribution in [2.75, 3.05) is 13.2 Å². The number of hydrogen-bond donors (Lipinski definition) is 8. The van der Waals surface area contributed by atoms with E-state index in [4.69, 9.17) is 9.47 Å². The zero-order valence-corrected chi connectivity index (χ0v) is 24.3. The smallest absolute Gasteiger partial charge is 0.249 e. The van der Waals surface area contributed by atoms with Gasteiger partial charge in [-0.15, -0.1) is 0 Å². The zero-order valence-electron chi connectivity index (χ0n) is 24.3. The Labute approximate surface area is 239 Å². The average Bonchev–Trinajstić information content (AvgIpc) is 2.95. The summed E-state index contributed by atoms with van der Waals surface area (Å²) in [6.45, 7) is 3.05. The van der Waals surface area contributed by atoms with Crippen LogP contribution in [0.25, 0.3) is 0 Å². The highest BCUT2D eigenvalue weighted by molar-refractivity contribution is 5.80. The van der Waals surface area contributed by atoms with E-state index in [-0.39, 0.29) is 12.8 Å². The van der Waals surface area contributed by atoms with Gasteiger partial charge in [0.15, 0.2) is 6.29 Å². The Morgan fingerprint density at radius 2 is 1.48 bits per heavy atom. The second kappa shape index (κ2) is 21.5. The summed E-state index contributed by atoms with van der Waals surface area (Å²) in [6.07, 6.45) is 4.36. The fourth-order valence-electron chi connectivity index (χ4n) is 4.59. The summed E-state index contributed by atoms with van der Waals surface area (Å²) in [4.78, 5) is 12.7. The fourth-order valence-corrected chi connectivity index (χ4v) is 4.59. The molecule has 0 aromatic carbocycles. The van der Waals surface area contributed by atoms with Crippen LogP contribution in [0.2, 0.25) is 0 Å². The van der Waals surface area contributed by atoms with E-state index in [1.54, 1.807) is 0 Å². The Morgan fingerprint density at radius 3 is 2.10 bits per heavy atom. The normalized spacial score (nSPS) is 26.5. The van der Waals surface area contributed by atoms with Crippen LogP contribution in [0.4, 0.5) is 0 Å². The first-order chi connectivity index (χ1) is 19.2. The monoisotopic (exact) mass is 577 g/mol. The van der Waals surface area contributed by atoms with E-state index >= 15 is 0 Å². The number of nitrogens with one attached hydrogen (secondary N) is 1. The summed E-state index contributed by atoms with van der Waals surface area (Å²) in [5, 5.41) is 73.6. The molecular formula is C29H55NO10. The molecule has 0 aliphatic carbocycles. The van der Waals surface area contributed by atoms with Gasteiger partial charge in [-0.1, -0.05) is 70.9 Å². The Morgan fingerprint density at radius 1 is 0.850 bits per heavy atom. The number of carbonyl (C=O) groups excluding carboxylic acids is 1. The molecule has 9 atom stereocenters. The summed E-state index contributed by atoms with van der Waals surface area (Å²) >= 11 is 0. The molecule has 0 radical (unpaired) electrons. The first kappa shape index (κ1) is 36.9. The lowest BCUT2D eigenvalue weighted by Gasteiger charge is -2.40. The van der Waals surface area contributed by atoms with Crippen molar-refractivity contribution in [3.05, 3.63) is 12.2 Å². The third-order valence-electron chi connectivity index (χ3n) is 7.32. The van der Waals surface area contributed by atoms with Crippen LogP contribution in [0.15, 0.2) is 12.2 Å². The van der Waals surface area contributed by atoms with E-state index in [0.717, 1.165) is 38.5 Å². The number of unbranched alkanes of at least 4 members (excludes halogenated alkanes) is 8. The second-order valence-corrected chi connectivity index (χ2v) is 10.8. The van der Waals surface area contributed by atoms with Crippen LogP contribution in [0.5, 0.6) is 0 Å². The maximum atomic E-state index is 12.7. The number of aliphatic hydroxyl groups is 7. The van der Waals surface area contributed by atoms with Crippen LogP contribution < -0.4 is 5.32 Å². The van der Waals surface area contributed by atoms with Gasteiger partial charge in [-0.05, 0) is 38.5 Å². The van der Waals surface area contributed by atoms with Gasteiger partial charge in [-0.25, -0.2) is 0 Å². The summed E-state index contributed by atoms with van der Waals surface area (Å²) in [6, 6.07) is -1.16. The van der Waals surface area contributed by atoms with E-state index in [0.29, 0.717) is 12.8 Å². The highest BCUT2D eigenvalue weighted by atomic mass is 16.7. The van der Waals surface area contributed by atoms with Crippen LogP contribution in [0.3, 0.4) is 0 Å². The van der Waals surface area contributed by atoms with E-state index in [1.165, 1.54) is 19.3 Å². The molecule has 1 saturated heterocycles. The van der Waals surface area contributed by atoms with Crippen LogP contribution in [0.1, 0.15) is 97.3 Å². The summed E-state index contributed by atoms with van der Waals surface area (Å²) < 4.78 is 10.8. The number of amides is 1. The van der Waals surface area contributed by atoms with Gasteiger partial charge in [-0.3, -0.25) is 4.79 Å². The molecule has 1 aliphatic rings. The summed E-state index contributed by atoms with van der Waals surface area (Å²) in [7, 11) is 0. The second-order valence-electron chi connectivity index (χ2n) is 10.8. The van der Waals surface area contributed by atoms with Crippen LogP contribution in [-0.2, 0) is 14.3 Å². The maximum Gasteiger partial charge on any atom is 0.249 e. The molecule has 0 aromatic heterocycles. The first-order valence-electron chi connectivity index (χ1n) is 15.1. The van der Waals surface area contributed by atoms with Gasteiger partial charge in [0, 0.05) is 0 Å². The van der Waals surface area contributed by atoms with Crippen molar-refractivity contribution in [2.24, 2.45) is 0 Å². The molecule has 0 bridgehead atoms. The van der Waals surface area contributed by atoms with Crippen molar-refractivity contribution in [2.45, 2.75) is 152 Å². The average molecular weight is 578 g/mol. The summed E-state index contributed by atoms with van der Waals surface area (Å²) in [5.74, 6) is -0.723. The van der Waals surface area contributed by atoms with Crippen molar-refractivity contribution in [3.63, 3.8) is 0 Å². The standard InChI is InChI=1S/C29H55NO10/c1-3-5-7-8-9-10-11-12-13-14-15-17-22(33)28(38)30-20(24(34)21(32)16-6-4-2)19-39-29-27(37)26(36)25(35)23(18-31)40-29/h9-10,20-27,29,31-37H,3-8,11-19H2,1-2H3,(H,30,38)/b10-9-. The lowest BCUT2D eigenvalue weighted by atomic mass is 9.99. The molecule has 0 aromatic rings. The molecule has 1 amide bonds. The molecule has 0 saturated carbocycles. The van der Waals surface area contributed by atoms with Gasteiger partial charge in [0.25, 0.3) is 0 Å². The van der Waals surface area contributed by atoms with Crippen molar-refractivity contribution >= 4 is 5.91 Å². The van der Waals surface area contributed by atoms with E-state index in [1.807, 2.05) is 6.92 Å². The number of ether oxygens (including phenoxy) is 2. The van der Waals surface area contributed by atoms with Crippen LogP contribution in [-0.4, -0.2) is 110 Å². The third kappa shape index (κ3) is 13.7. The molecule has 236 valence electrons. The topological polar surface area (TPSA) is 189 Å². The SMILES string of the molecule is CCCCC/C=C\CCCCCCC(O)C(=O)NC(COC1OC(CO)C(O)C(O)C1O)C(O)C(O)CCCC. The van der Waals surface area contributed by atoms with Crippen molar-refractivity contribution in [1.29, 1.82) is 0 Å². The van der Waals surface area contributed by atoms with Crippen LogP contribution >= 0.6 is 0 Å². The minimum atomic E-state index is -1.65. The molecular weight excluding hydrogens is 522 g/mol. The molecule has 1 heterocycles. The lowest BCUT2D eigenvalue weighted by molar-refractivity contribution is -0.303. The molecule has 8 N–H and O–H groups in total. The first-order valence-corrected chi connectivity index (χ1v) is 15.1. The molecule has 11 heteroatoms. The Bertz CT molecular complexity index is 679. The molecule has 9 unspecified atom stereocenters. The molecule has 40 heavy (non-hydrogen) atoms. The number of rotatable bonds is 22. The highest BCUT2D eigenvalue weighted by Gasteiger charge is 2.44. The minimum Gasteiger partial charge on any atom is -0.394 e. The molecule has 0 spiro atoms. The molecule has 11 nitrogen and oxygen atoms in total. The van der Waals surface area contributed by atoms with Gasteiger partial charge < -0.3 is 50.5 Å². The molecule has 1 fully saturated rings. The number of hydrogen-bond acceptors (Lipinski definition) is 10. The van der Waals surface area contributed by atoms with Gasteiger partial charge in [-0.2, -0.15) is 0 Å². The predicted molar refractivity (Wildman–Crippen MR) is 150 cm³/mol. The highest BCUT2D eigenvalue weighted by Crippen LogP contribution is 2.22. The zero-order chi connectivity index (χ0) is 29.9. The molecule has 1 aliphatic heterocycles. The van der Waals surface area contributed by atoms with E-state index in [9.17, 15) is 40.5 Å². The van der Waals surface area contributed by atoms with Crippen molar-refractivity contribution < 1.29 is 50.0 Å². The Balaban J connectivity index is 2.58. The van der Waals surface area contributed by atoms with E-state index < -0.39 is 74.2 Å². The quantitative estimate of drug-likeness (QED) is 0.0682. The third-order valence-corrected chi connectivity index (χ3v) is 7.32. The van der Waals surface area contributed by atoms with Gasteiger partial charge in [0.1, 0.15) is 36.6 Å². The lowest BCUT2D eigenvalue weighted by Crippen LogP contribution is -2.60. The maximum absolute atomic E-state index is 12.7. The predicted octanol–water partition coefficient (Wildman–Crippen LogP) is 1.04. The van der Waals surface area contributed by atoms with E-state index in [2.05, 4.69) is 24.4 Å². The fraction of sp³-hybridized carbons (Fsp3) is 0.897. The number of carbonyl (C=O) groups is 1. The molecule has 1 rings (SSSR count). The minimum absolute atomic E-state index is 0.244. The van der Waals surface area contributed by atoms with Crippen molar-refractivity contribution in [3.8, 4) is 0 Å². The largest absolute Gasteiger partial charge is 0.394 e. The summed E-state index contributed by atoms with van der Waals surface area (Å²) in [5.41, 5.74) is 0. The van der Waals surface area contributed by atoms with Crippen molar-refractivity contribution in [1.82, 2.24) is 5.32 Å². The number of allylic oxidation sites excluding steroid dienone is 2. The van der Waals surface area contributed by atoms with Gasteiger partial charge >= 0.3 is 0 Å². The van der Waals surface area contributed by atoms with Gasteiger partial charge in [0.05, 0.1) is 25.4 Å². The Hall–Kier alpha value is -1.15. The van der Waals surface area contributed by atoms with Gasteiger partial charge in [0.2, 0.25) is 5.91 Å². The van der Waals surface area contributed by atoms with Crippen LogP contribution in [0, 0.1) is 0 Å².